The van der Waals surface area contributed by atoms with Crippen molar-refractivity contribution in [3.8, 4) is 0 Å². The molecule has 0 spiro atoms. The van der Waals surface area contributed by atoms with Gasteiger partial charge < -0.3 is 0 Å². The first-order valence-corrected chi connectivity index (χ1v) is 29.3. The van der Waals surface area contributed by atoms with Gasteiger partial charge in [0.25, 0.3) is 0 Å². The van der Waals surface area contributed by atoms with Crippen molar-refractivity contribution in [2.75, 3.05) is 8.86 Å². The minimum absolute atomic E-state index is 0.495. The third-order valence-electron chi connectivity index (χ3n) is 7.69. The van der Waals surface area contributed by atoms with Crippen LogP contribution >= 0.6 is 49.7 Å². The molecule has 6 aromatic rings. The van der Waals surface area contributed by atoms with Crippen molar-refractivity contribution in [1.82, 2.24) is 0 Å². The van der Waals surface area contributed by atoms with Gasteiger partial charge in [-0.1, -0.05) is 0 Å². The minimum atomic E-state index is -1.81. The molecular weight excluding hydrogens is 832 g/mol. The van der Waals surface area contributed by atoms with Gasteiger partial charge in [-0.25, -0.2) is 0 Å². The van der Waals surface area contributed by atoms with Gasteiger partial charge in [0.15, 0.2) is 0 Å². The van der Waals surface area contributed by atoms with Gasteiger partial charge in [0, 0.05) is 0 Å². The Hall–Kier alpha value is -2.88. The van der Waals surface area contributed by atoms with Crippen molar-refractivity contribution in [2.45, 2.75) is 6.42 Å². The summed E-state index contributed by atoms with van der Waals surface area (Å²) >= 11 is -3.62. The predicted molar refractivity (Wildman–Crippen MR) is 231 cm³/mol. The predicted octanol–water partition coefficient (Wildman–Crippen LogP) is 11.5. The van der Waals surface area contributed by atoms with Gasteiger partial charge in [0.2, 0.25) is 0 Å². The number of alkyl halides is 2. The molecule has 0 atom stereocenters. The molecule has 0 saturated carbocycles. The molecule has 4 heteroatoms. The maximum absolute atomic E-state index is 4.27. The van der Waals surface area contributed by atoms with Crippen LogP contribution in [0.1, 0.15) is 17.5 Å². The molecule has 0 unspecified atom stereocenters. The third kappa shape index (κ3) is 8.41. The zero-order valence-electron chi connectivity index (χ0n) is 26.5. The molecule has 0 heterocycles. The van der Waals surface area contributed by atoms with Gasteiger partial charge >= 0.3 is 300 Å². The van der Waals surface area contributed by atoms with Crippen LogP contribution in [0.15, 0.2) is 183 Å². The maximum atomic E-state index is 4.27. The van der Waals surface area contributed by atoms with Gasteiger partial charge in [0.05, 0.1) is 0 Å². The Morgan fingerprint density at radius 2 is 0.660 bits per heavy atom. The van der Waals surface area contributed by atoms with Crippen LogP contribution in [-0.4, -0.2) is 8.86 Å². The number of rotatable bonds is 14. The molecule has 0 radical (unpaired) electrons. The zero-order chi connectivity index (χ0) is 32.3. The fourth-order valence-electron chi connectivity index (χ4n) is 5.54. The van der Waals surface area contributed by atoms with Crippen molar-refractivity contribution in [3.05, 3.63) is 201 Å². The quantitative estimate of drug-likeness (QED) is 0.0581. The Labute approximate surface area is 297 Å². The number of halogens is 2. The number of hydrogen-bond acceptors (Lipinski definition) is 0. The van der Waals surface area contributed by atoms with E-state index in [9.17, 15) is 0 Å². The summed E-state index contributed by atoms with van der Waals surface area (Å²) in [4.78, 5) is 0. The van der Waals surface area contributed by atoms with Crippen LogP contribution in [0.5, 0.6) is 0 Å². The molecule has 6 rings (SSSR count). The van der Waals surface area contributed by atoms with Crippen LogP contribution in [0, 0.1) is 7.14 Å². The first kappa shape index (κ1) is 34.0. The second-order valence-corrected chi connectivity index (χ2v) is 33.6. The second-order valence-electron chi connectivity index (χ2n) is 10.8. The molecule has 0 nitrogen and oxygen atoms in total. The van der Waals surface area contributed by atoms with E-state index < -0.39 is 49.7 Å². The molecule has 0 aromatic heterocycles. The molecule has 0 fully saturated rings. The topological polar surface area (TPSA) is 0 Å². The van der Waals surface area contributed by atoms with E-state index in [1.165, 1.54) is 47.6 Å². The van der Waals surface area contributed by atoms with E-state index in [1.807, 2.05) is 0 Å². The zero-order valence-corrected chi connectivity index (χ0v) is 32.6. The van der Waals surface area contributed by atoms with Crippen LogP contribution in [0.25, 0.3) is 12.2 Å². The molecule has 0 aliphatic rings. The van der Waals surface area contributed by atoms with Crippen molar-refractivity contribution in [3.63, 3.8) is 0 Å². The van der Waals surface area contributed by atoms with E-state index >= 15 is 0 Å². The summed E-state index contributed by atoms with van der Waals surface area (Å²) in [5.74, 6) is 0. The van der Waals surface area contributed by atoms with E-state index in [0.717, 1.165) is 0 Å². The molecule has 236 valence electrons. The van der Waals surface area contributed by atoms with Crippen LogP contribution in [0.2, 0.25) is 0 Å². The number of hydrogen-bond donors (Lipinski definition) is 0. The van der Waals surface area contributed by atoms with Gasteiger partial charge in [0.1, 0.15) is 0 Å². The fourth-order valence-corrected chi connectivity index (χ4v) is 39.4. The summed E-state index contributed by atoms with van der Waals surface area (Å²) in [5.41, 5.74) is 1.65. The Morgan fingerprint density at radius 3 is 0.957 bits per heavy atom. The van der Waals surface area contributed by atoms with Crippen molar-refractivity contribution in [1.29, 1.82) is 0 Å². The van der Waals surface area contributed by atoms with Gasteiger partial charge in [-0.05, 0) is 0 Å². The Balaban J connectivity index is 1.43. The van der Waals surface area contributed by atoms with Gasteiger partial charge in [-0.15, -0.1) is 0 Å². The first-order chi connectivity index (χ1) is 23.3. The van der Waals surface area contributed by atoms with Crippen LogP contribution < -0.4 is 21.2 Å². The molecule has 0 aliphatic heterocycles. The van der Waals surface area contributed by atoms with E-state index in [4.69, 9.17) is 0 Å². The third-order valence-corrected chi connectivity index (χ3v) is 38.1. The van der Waals surface area contributed by atoms with E-state index in [-0.39, 0.29) is 0 Å². The molecule has 0 N–H and O–H groups in total. The molecule has 47 heavy (non-hydrogen) atoms. The molecular formula is C43H40I2P2. The van der Waals surface area contributed by atoms with Gasteiger partial charge in [-0.2, -0.15) is 0 Å². The second kappa shape index (κ2) is 17.5. The van der Waals surface area contributed by atoms with Crippen molar-refractivity contribution >= 4 is 83.0 Å². The summed E-state index contributed by atoms with van der Waals surface area (Å²) < 4.78 is 5.71. The average molecular weight is 873 g/mol. The molecule has 6 aromatic carbocycles. The van der Waals surface area contributed by atoms with Crippen LogP contribution in [0.3, 0.4) is 0 Å². The van der Waals surface area contributed by atoms with Crippen molar-refractivity contribution < 1.29 is 0 Å². The summed E-state index contributed by atoms with van der Waals surface area (Å²) in [6.07, 6.45) is 5.42. The summed E-state index contributed by atoms with van der Waals surface area (Å²) in [6, 6.07) is 63.7. The SMILES string of the molecule is C=Cc1ccccc1I(CCCI(c1ccccc1C=C)P(c1ccccc1)c1ccccc1)P(c1ccccc1)c1ccccc1. The Kier molecular flexibility index (Phi) is 12.7. The van der Waals surface area contributed by atoms with E-state index in [1.54, 1.807) is 7.14 Å². The molecule has 0 saturated heterocycles. The Morgan fingerprint density at radius 1 is 0.383 bits per heavy atom. The van der Waals surface area contributed by atoms with Crippen LogP contribution in [-0.2, 0) is 0 Å². The average Bonchev–Trinajstić information content (AvgIpc) is 3.15. The summed E-state index contributed by atoms with van der Waals surface area (Å²) in [5, 5.41) is 6.00. The molecule has 0 aliphatic carbocycles. The van der Waals surface area contributed by atoms with Crippen LogP contribution in [0.4, 0.5) is 0 Å². The number of benzene rings is 6. The van der Waals surface area contributed by atoms with E-state index in [2.05, 4.69) is 195 Å². The normalized spacial score (nSPS) is 11.7. The van der Waals surface area contributed by atoms with E-state index in [0.29, 0.717) is 0 Å². The fraction of sp³-hybridized carbons (Fsp3) is 0.0698. The summed E-state index contributed by atoms with van der Waals surface area (Å²) in [7, 11) is 0. The first-order valence-electron chi connectivity index (χ1n) is 15.8. The van der Waals surface area contributed by atoms with Crippen molar-refractivity contribution in [2.24, 2.45) is 0 Å². The Bertz CT molecular complexity index is 1640. The van der Waals surface area contributed by atoms with Gasteiger partial charge in [-0.3, -0.25) is 0 Å². The standard InChI is InChI=1S/C43H40I2P2/c1-3-36-22-17-19-32-42(36)44(46(38-24-9-5-10-25-38)39-26-11-6-12-27-39)34-21-35-45(43-33-20-18-23-37(43)4-2)47(40-28-13-7-14-29-40)41-30-15-8-16-31-41/h3-20,22-33H,1-2,21,34-35H2. The molecule has 0 amide bonds. The summed E-state index contributed by atoms with van der Waals surface area (Å²) in [6.45, 7) is 8.54. The monoisotopic (exact) mass is 872 g/mol. The molecule has 0 bridgehead atoms.